The molecule has 1 N–H and O–H groups in total. The molecule has 0 spiro atoms. The summed E-state index contributed by atoms with van der Waals surface area (Å²) in [6, 6.07) is 8.12. The zero-order valence-electron chi connectivity index (χ0n) is 23.4. The summed E-state index contributed by atoms with van der Waals surface area (Å²) in [5.41, 5.74) is 0.516. The van der Waals surface area contributed by atoms with Crippen molar-refractivity contribution in [2.24, 2.45) is 5.92 Å². The van der Waals surface area contributed by atoms with Crippen molar-refractivity contribution in [1.82, 2.24) is 4.72 Å². The lowest BCUT2D eigenvalue weighted by molar-refractivity contribution is -0.605. The summed E-state index contributed by atoms with van der Waals surface area (Å²) in [6.45, 7) is -3.65. The molecule has 1 aliphatic carbocycles. The number of methoxy groups -OCH3 is 2. The van der Waals surface area contributed by atoms with Gasteiger partial charge in [0.05, 0.1) is 20.8 Å². The average Bonchev–Trinajstić information content (AvgIpc) is 3.81. The molecule has 3 aromatic rings. The van der Waals surface area contributed by atoms with E-state index in [1.807, 2.05) is 0 Å². The molecule has 1 fully saturated rings. The van der Waals surface area contributed by atoms with E-state index in [-0.39, 0.29) is 68.0 Å². The maximum Gasteiger partial charge on any atom is 0.387 e. The Morgan fingerprint density at radius 2 is 1.73 bits per heavy atom. The van der Waals surface area contributed by atoms with Gasteiger partial charge in [-0.2, -0.15) is 18.2 Å². The Kier molecular flexibility index (Phi) is 10.9. The maximum atomic E-state index is 13.1. The molecule has 0 unspecified atom stereocenters. The number of hydrogen-bond donors (Lipinski definition) is 1. The molecule has 1 heterocycles. The third-order valence-electron chi connectivity index (χ3n) is 6.51. The summed E-state index contributed by atoms with van der Waals surface area (Å²) in [7, 11) is -1.64. The van der Waals surface area contributed by atoms with Crippen molar-refractivity contribution in [1.29, 1.82) is 0 Å². The number of nitrogens with zero attached hydrogens (tertiary/aromatic N) is 1. The highest BCUT2D eigenvalue weighted by Crippen LogP contribution is 2.38. The van der Waals surface area contributed by atoms with Crippen molar-refractivity contribution in [2.75, 3.05) is 27.4 Å². The topological polar surface area (TPSA) is 136 Å². The van der Waals surface area contributed by atoms with Crippen LogP contribution in [0.25, 0.3) is 0 Å². The van der Waals surface area contributed by atoms with Crippen molar-refractivity contribution in [2.45, 2.75) is 36.9 Å². The van der Waals surface area contributed by atoms with E-state index in [9.17, 15) is 27.2 Å². The van der Waals surface area contributed by atoms with E-state index in [0.29, 0.717) is 4.73 Å². The first-order valence-electron chi connectivity index (χ1n) is 13.1. The molecule has 0 radical (unpaired) electrons. The van der Waals surface area contributed by atoms with E-state index in [2.05, 4.69) is 9.46 Å². The highest BCUT2D eigenvalue weighted by atomic mass is 35.5. The Balaban J connectivity index is 1.61. The van der Waals surface area contributed by atoms with Crippen LogP contribution >= 0.6 is 23.2 Å². The molecular weight excluding hydrogens is 649 g/mol. The van der Waals surface area contributed by atoms with Gasteiger partial charge in [0.2, 0.25) is 10.0 Å². The SMILES string of the molecule is COc1ccc(OC)c(S(=O)(=O)NCC(=O)O[C@@H](Cc2c(Cl)c[n+]([O-])cc2Cl)c2ccc(OC(F)F)c(OCC3CC3)c2)c1. The molecule has 2 aromatic carbocycles. The number of aromatic nitrogens is 1. The van der Waals surface area contributed by atoms with Gasteiger partial charge >= 0.3 is 12.6 Å². The first kappa shape index (κ1) is 33.3. The van der Waals surface area contributed by atoms with E-state index >= 15 is 0 Å². The van der Waals surface area contributed by atoms with Crippen LogP contribution in [0.3, 0.4) is 0 Å². The predicted octanol–water partition coefficient (Wildman–Crippen LogP) is 4.84. The molecule has 44 heavy (non-hydrogen) atoms. The molecule has 238 valence electrons. The van der Waals surface area contributed by atoms with Crippen LogP contribution in [0.5, 0.6) is 23.0 Å². The number of rotatable bonds is 15. The minimum absolute atomic E-state index is 0.00997. The van der Waals surface area contributed by atoms with Crippen LogP contribution in [0.15, 0.2) is 53.7 Å². The Morgan fingerprint density at radius 3 is 2.34 bits per heavy atom. The Bertz CT molecular complexity index is 1580. The number of benzene rings is 2. The standard InChI is InChI=1S/C28H28Cl2F2N2O9S/c1-39-18-6-8-23(40-2)26(10-18)44(37,38)33-12-27(35)42-24(11-19-20(29)13-34(36)14-21(19)30)17-5-7-22(43-28(31)32)25(9-17)41-15-16-3-4-16/h5-10,13-14,16,24,28,33H,3-4,11-12,15H2,1-2H3/t24-/m0/s1. The zero-order chi connectivity index (χ0) is 32.0. The second-order valence-electron chi connectivity index (χ2n) is 9.66. The lowest BCUT2D eigenvalue weighted by atomic mass is 10.0. The molecule has 1 saturated carbocycles. The fourth-order valence-electron chi connectivity index (χ4n) is 4.09. The van der Waals surface area contributed by atoms with Crippen molar-refractivity contribution in [3.8, 4) is 23.0 Å². The number of carbonyl (C=O) groups is 1. The molecule has 0 aliphatic heterocycles. The number of pyridine rings is 1. The molecule has 16 heteroatoms. The van der Waals surface area contributed by atoms with Crippen molar-refractivity contribution in [3.63, 3.8) is 0 Å². The van der Waals surface area contributed by atoms with Crippen LogP contribution in [0, 0.1) is 11.1 Å². The van der Waals surface area contributed by atoms with Crippen LogP contribution in [-0.4, -0.2) is 48.4 Å². The van der Waals surface area contributed by atoms with Crippen LogP contribution in [-0.2, 0) is 26.0 Å². The monoisotopic (exact) mass is 676 g/mol. The third-order valence-corrected chi connectivity index (χ3v) is 8.59. The van der Waals surface area contributed by atoms with Gasteiger partial charge in [0.1, 0.15) is 39.1 Å². The molecule has 0 amide bonds. The minimum atomic E-state index is -4.28. The highest BCUT2D eigenvalue weighted by molar-refractivity contribution is 7.89. The number of halogens is 4. The first-order valence-corrected chi connectivity index (χ1v) is 15.3. The fraction of sp³-hybridized carbons (Fsp3) is 0.357. The number of ether oxygens (including phenoxy) is 5. The van der Waals surface area contributed by atoms with Gasteiger partial charge in [0.25, 0.3) is 0 Å². The molecule has 4 rings (SSSR count). The molecule has 11 nitrogen and oxygen atoms in total. The number of esters is 1. The number of sulfonamides is 1. The van der Waals surface area contributed by atoms with E-state index in [4.69, 9.17) is 42.1 Å². The smallest absolute Gasteiger partial charge is 0.387 e. The molecule has 0 saturated heterocycles. The van der Waals surface area contributed by atoms with Crippen LogP contribution < -0.4 is 28.4 Å². The number of nitrogens with one attached hydrogen (secondary N) is 1. The van der Waals surface area contributed by atoms with Gasteiger partial charge < -0.3 is 28.9 Å². The Morgan fingerprint density at radius 1 is 1.05 bits per heavy atom. The molecular formula is C28H28Cl2F2N2O9S. The van der Waals surface area contributed by atoms with Crippen LogP contribution in [0.2, 0.25) is 10.0 Å². The van der Waals surface area contributed by atoms with Crippen LogP contribution in [0.1, 0.15) is 30.1 Å². The summed E-state index contributed by atoms with van der Waals surface area (Å²) in [4.78, 5) is 12.8. The van der Waals surface area contributed by atoms with E-state index in [1.165, 1.54) is 50.6 Å². The fourth-order valence-corrected chi connectivity index (χ4v) is 5.84. The summed E-state index contributed by atoms with van der Waals surface area (Å²) >= 11 is 12.5. The van der Waals surface area contributed by atoms with Gasteiger partial charge in [0, 0.05) is 18.1 Å². The van der Waals surface area contributed by atoms with Gasteiger partial charge in [-0.05, 0) is 48.6 Å². The lowest BCUT2D eigenvalue weighted by Gasteiger charge is -2.21. The Labute approximate surface area is 262 Å². The van der Waals surface area contributed by atoms with Crippen molar-refractivity contribution in [3.05, 3.63) is 75.2 Å². The zero-order valence-corrected chi connectivity index (χ0v) is 25.8. The number of alkyl halides is 2. The largest absolute Gasteiger partial charge is 0.619 e. The summed E-state index contributed by atoms with van der Waals surface area (Å²) in [6.07, 6.45) is 2.64. The van der Waals surface area contributed by atoms with Gasteiger partial charge in [-0.1, -0.05) is 29.3 Å². The average molecular weight is 678 g/mol. The summed E-state index contributed by atoms with van der Waals surface area (Å²) in [5.74, 6) is -0.705. The second kappa shape index (κ2) is 14.5. The normalized spacial score (nSPS) is 13.8. The number of hydrogen-bond acceptors (Lipinski definition) is 9. The second-order valence-corrected chi connectivity index (χ2v) is 12.2. The van der Waals surface area contributed by atoms with E-state index < -0.39 is 35.3 Å². The van der Waals surface area contributed by atoms with Gasteiger partial charge in [-0.25, -0.2) is 8.42 Å². The van der Waals surface area contributed by atoms with Crippen molar-refractivity contribution < 1.29 is 50.4 Å². The number of carbonyl (C=O) groups excluding carboxylic acids is 1. The van der Waals surface area contributed by atoms with Gasteiger partial charge in [-0.3, -0.25) is 4.79 Å². The summed E-state index contributed by atoms with van der Waals surface area (Å²) < 4.78 is 81.0. The van der Waals surface area contributed by atoms with Gasteiger partial charge in [0.15, 0.2) is 23.9 Å². The minimum Gasteiger partial charge on any atom is -0.619 e. The molecule has 1 aliphatic rings. The molecule has 0 bridgehead atoms. The van der Waals surface area contributed by atoms with Gasteiger partial charge in [-0.15, -0.1) is 0 Å². The quantitative estimate of drug-likeness (QED) is 0.136. The van der Waals surface area contributed by atoms with E-state index in [1.54, 1.807) is 0 Å². The summed E-state index contributed by atoms with van der Waals surface area (Å²) in [5, 5.41) is 11.7. The third kappa shape index (κ3) is 8.74. The maximum absolute atomic E-state index is 13.1. The van der Waals surface area contributed by atoms with E-state index in [0.717, 1.165) is 25.2 Å². The van der Waals surface area contributed by atoms with Crippen molar-refractivity contribution >= 4 is 39.2 Å². The first-order chi connectivity index (χ1) is 20.9. The highest BCUT2D eigenvalue weighted by Gasteiger charge is 2.28. The van der Waals surface area contributed by atoms with Crippen LogP contribution in [0.4, 0.5) is 8.78 Å². The molecule has 1 atom stereocenters. The lowest BCUT2D eigenvalue weighted by Crippen LogP contribution is -2.32. The predicted molar refractivity (Wildman–Crippen MR) is 154 cm³/mol. The molecule has 1 aromatic heterocycles. The Hall–Kier alpha value is -3.59.